The summed E-state index contributed by atoms with van der Waals surface area (Å²) in [6.45, 7) is 0. The smallest absolute Gasteiger partial charge is 0.355 e. The van der Waals surface area contributed by atoms with Crippen molar-refractivity contribution in [2.24, 2.45) is 0 Å². The highest BCUT2D eigenvalue weighted by Gasteiger charge is 2.25. The van der Waals surface area contributed by atoms with Gasteiger partial charge in [0.1, 0.15) is 12.1 Å². The first-order valence-electron chi connectivity index (χ1n) is 8.41. The largest absolute Gasteiger partial charge is 0.495 e. The molecule has 13 heteroatoms. The molecule has 0 fully saturated rings. The zero-order valence-corrected chi connectivity index (χ0v) is 17.9. The van der Waals surface area contributed by atoms with Crippen LogP contribution in [0.25, 0.3) is 0 Å². The average Bonchev–Trinajstić information content (AvgIpc) is 2.72. The molecule has 0 unspecified atom stereocenters. The van der Waals surface area contributed by atoms with Crippen LogP contribution >= 0.6 is 34.8 Å². The average molecular weight is 484 g/mol. The summed E-state index contributed by atoms with van der Waals surface area (Å²) in [5.41, 5.74) is 4.66. The molecule has 0 saturated carbocycles. The van der Waals surface area contributed by atoms with Crippen LogP contribution in [-0.2, 0) is 0 Å². The van der Waals surface area contributed by atoms with Crippen molar-refractivity contribution in [1.82, 2.24) is 15.4 Å². The summed E-state index contributed by atoms with van der Waals surface area (Å²) in [6, 6.07) is 9.00. The van der Waals surface area contributed by atoms with E-state index in [2.05, 4.69) is 26.1 Å². The Morgan fingerprint density at radius 1 is 1.06 bits per heavy atom. The van der Waals surface area contributed by atoms with Gasteiger partial charge in [-0.2, -0.15) is 0 Å². The Hall–Kier alpha value is -3.34. The summed E-state index contributed by atoms with van der Waals surface area (Å²) in [5, 5.41) is 15.3. The summed E-state index contributed by atoms with van der Waals surface area (Å²) in [7, 11) is 1.44. The highest BCUT2D eigenvalue weighted by Crippen LogP contribution is 2.35. The predicted octanol–water partition coefficient (Wildman–Crippen LogP) is 4.85. The van der Waals surface area contributed by atoms with E-state index in [9.17, 15) is 14.9 Å². The molecule has 3 N–H and O–H groups in total. The Balaban J connectivity index is 1.88. The highest BCUT2D eigenvalue weighted by atomic mass is 35.5. The lowest BCUT2D eigenvalue weighted by atomic mass is 10.2. The van der Waals surface area contributed by atoms with Crippen LogP contribution in [-0.4, -0.2) is 27.9 Å². The minimum atomic E-state index is -0.705. The van der Waals surface area contributed by atoms with Crippen molar-refractivity contribution in [2.45, 2.75) is 0 Å². The summed E-state index contributed by atoms with van der Waals surface area (Å²) >= 11 is 17.8. The molecule has 1 aromatic heterocycles. The van der Waals surface area contributed by atoms with E-state index in [0.717, 1.165) is 6.33 Å². The highest BCUT2D eigenvalue weighted by molar-refractivity contribution is 6.36. The van der Waals surface area contributed by atoms with Crippen LogP contribution < -0.4 is 20.9 Å². The topological polar surface area (TPSA) is 131 Å². The number of hydrogen-bond acceptors (Lipinski definition) is 8. The van der Waals surface area contributed by atoms with Gasteiger partial charge < -0.3 is 10.1 Å². The van der Waals surface area contributed by atoms with E-state index in [1.807, 2.05) is 0 Å². The molecule has 3 aromatic rings. The third kappa shape index (κ3) is 5.23. The van der Waals surface area contributed by atoms with Gasteiger partial charge in [-0.15, -0.1) is 0 Å². The van der Waals surface area contributed by atoms with E-state index < -0.39 is 16.5 Å². The van der Waals surface area contributed by atoms with Gasteiger partial charge in [0.05, 0.1) is 28.3 Å². The van der Waals surface area contributed by atoms with Crippen molar-refractivity contribution in [2.75, 3.05) is 17.9 Å². The number of anilines is 3. The van der Waals surface area contributed by atoms with E-state index in [1.54, 1.807) is 12.1 Å². The number of ether oxygens (including phenoxy) is 1. The standard InChI is InChI=1S/C18H13Cl3N6O4/c1-31-14-5-3-10(20)7-13(14)24-16-15(27(29)30)17(23-8-22-16)25-26-18(28)11-4-2-9(19)6-12(11)21/h2-8H,1H3,(H,26,28)(H2,22,23,24,25). The van der Waals surface area contributed by atoms with Gasteiger partial charge in [-0.05, 0) is 36.4 Å². The lowest BCUT2D eigenvalue weighted by Crippen LogP contribution is -2.30. The van der Waals surface area contributed by atoms with Gasteiger partial charge >= 0.3 is 5.69 Å². The molecule has 0 atom stereocenters. The number of amides is 1. The number of halogens is 3. The molecular formula is C18H13Cl3N6O4. The molecule has 0 radical (unpaired) electrons. The van der Waals surface area contributed by atoms with Crippen LogP contribution in [0.2, 0.25) is 15.1 Å². The van der Waals surface area contributed by atoms with Gasteiger partial charge in [0, 0.05) is 10.0 Å². The van der Waals surface area contributed by atoms with Crippen molar-refractivity contribution in [3.05, 3.63) is 73.5 Å². The third-order valence-corrected chi connectivity index (χ3v) is 4.67. The summed E-state index contributed by atoms with van der Waals surface area (Å²) in [4.78, 5) is 31.1. The van der Waals surface area contributed by atoms with Gasteiger partial charge in [0.25, 0.3) is 5.91 Å². The number of hydrazine groups is 1. The molecule has 2 aromatic carbocycles. The number of aromatic nitrogens is 2. The first-order chi connectivity index (χ1) is 14.8. The predicted molar refractivity (Wildman–Crippen MR) is 118 cm³/mol. The minimum Gasteiger partial charge on any atom is -0.495 e. The van der Waals surface area contributed by atoms with Crippen LogP contribution in [0.1, 0.15) is 10.4 Å². The van der Waals surface area contributed by atoms with Gasteiger partial charge in [0.2, 0.25) is 11.6 Å². The van der Waals surface area contributed by atoms with Crippen molar-refractivity contribution < 1.29 is 14.5 Å². The fraction of sp³-hybridized carbons (Fsp3) is 0.0556. The zero-order valence-electron chi connectivity index (χ0n) is 15.6. The first kappa shape index (κ1) is 22.3. The van der Waals surface area contributed by atoms with E-state index in [-0.39, 0.29) is 22.2 Å². The maximum Gasteiger partial charge on any atom is 0.355 e. The zero-order chi connectivity index (χ0) is 22.5. The molecule has 0 aliphatic rings. The van der Waals surface area contributed by atoms with Crippen LogP contribution in [0.4, 0.5) is 23.0 Å². The second-order valence-electron chi connectivity index (χ2n) is 5.85. The number of rotatable bonds is 7. The molecule has 160 valence electrons. The molecule has 0 spiro atoms. The van der Waals surface area contributed by atoms with Crippen molar-refractivity contribution in [3.8, 4) is 5.75 Å². The van der Waals surface area contributed by atoms with Crippen LogP contribution in [0.5, 0.6) is 5.75 Å². The van der Waals surface area contributed by atoms with Crippen molar-refractivity contribution >= 4 is 63.7 Å². The van der Waals surface area contributed by atoms with E-state index in [1.165, 1.54) is 31.4 Å². The number of hydrogen-bond donors (Lipinski definition) is 3. The monoisotopic (exact) mass is 482 g/mol. The molecule has 0 bridgehead atoms. The first-order valence-corrected chi connectivity index (χ1v) is 9.55. The van der Waals surface area contributed by atoms with Gasteiger partial charge in [-0.3, -0.25) is 25.8 Å². The third-order valence-electron chi connectivity index (χ3n) is 3.89. The number of nitrogens with one attached hydrogen (secondary N) is 3. The van der Waals surface area contributed by atoms with Crippen LogP contribution in [0.3, 0.4) is 0 Å². The molecule has 0 saturated heterocycles. The second kappa shape index (κ2) is 9.65. The summed E-state index contributed by atoms with van der Waals surface area (Å²) in [5.74, 6) is -0.679. The molecule has 1 heterocycles. The summed E-state index contributed by atoms with van der Waals surface area (Å²) < 4.78 is 5.22. The Morgan fingerprint density at radius 2 is 1.74 bits per heavy atom. The van der Waals surface area contributed by atoms with Crippen LogP contribution in [0.15, 0.2) is 42.7 Å². The minimum absolute atomic E-state index is 0.109. The Kier molecular flexibility index (Phi) is 6.95. The van der Waals surface area contributed by atoms with Crippen molar-refractivity contribution in [3.63, 3.8) is 0 Å². The van der Waals surface area contributed by atoms with Crippen molar-refractivity contribution in [1.29, 1.82) is 0 Å². The van der Waals surface area contributed by atoms with Gasteiger partial charge in [0.15, 0.2) is 0 Å². The van der Waals surface area contributed by atoms with E-state index in [4.69, 9.17) is 39.5 Å². The second-order valence-corrected chi connectivity index (χ2v) is 7.13. The van der Waals surface area contributed by atoms with Gasteiger partial charge in [-0.1, -0.05) is 34.8 Å². The number of methoxy groups -OCH3 is 1. The number of carbonyl (C=O) groups excluding carboxylic acids is 1. The SMILES string of the molecule is COc1ccc(Cl)cc1Nc1ncnc(NNC(=O)c2ccc(Cl)cc2Cl)c1[N+](=O)[O-]. The molecule has 0 aliphatic heterocycles. The number of nitrogens with zero attached hydrogens (tertiary/aromatic N) is 3. The maximum atomic E-state index is 12.4. The summed E-state index contributed by atoms with van der Waals surface area (Å²) in [6.07, 6.45) is 1.08. The number of carbonyl (C=O) groups is 1. The number of nitro groups is 1. The fourth-order valence-corrected chi connectivity index (χ4v) is 3.16. The molecule has 31 heavy (non-hydrogen) atoms. The maximum absolute atomic E-state index is 12.4. The Bertz CT molecular complexity index is 1160. The lowest BCUT2D eigenvalue weighted by Gasteiger charge is -2.13. The molecule has 0 aliphatic carbocycles. The quantitative estimate of drug-likeness (QED) is 0.321. The van der Waals surface area contributed by atoms with Gasteiger partial charge in [-0.25, -0.2) is 9.97 Å². The Labute approximate surface area is 190 Å². The molecular weight excluding hydrogens is 471 g/mol. The van der Waals surface area contributed by atoms with E-state index >= 15 is 0 Å². The Morgan fingerprint density at radius 3 is 2.42 bits per heavy atom. The van der Waals surface area contributed by atoms with E-state index in [0.29, 0.717) is 21.5 Å². The molecule has 3 rings (SSSR count). The van der Waals surface area contributed by atoms with Crippen LogP contribution in [0, 0.1) is 10.1 Å². The normalized spacial score (nSPS) is 10.3. The number of benzene rings is 2. The lowest BCUT2D eigenvalue weighted by molar-refractivity contribution is -0.383. The fourth-order valence-electron chi connectivity index (χ4n) is 2.50. The molecule has 1 amide bonds. The molecule has 10 nitrogen and oxygen atoms in total.